The number of nitrogens with two attached hydrogens (primary N) is 1. The van der Waals surface area contributed by atoms with Crippen molar-refractivity contribution in [3.63, 3.8) is 0 Å². The lowest BCUT2D eigenvalue weighted by molar-refractivity contribution is 0.0951. The maximum atomic E-state index is 11.9. The molecule has 0 saturated heterocycles. The van der Waals surface area contributed by atoms with Crippen LogP contribution in [0.2, 0.25) is 5.02 Å². The van der Waals surface area contributed by atoms with Crippen LogP contribution in [-0.4, -0.2) is 10.9 Å². The Balaban J connectivity index is 2.10. The second-order valence-electron chi connectivity index (χ2n) is 3.37. The van der Waals surface area contributed by atoms with Crippen molar-refractivity contribution in [1.29, 1.82) is 0 Å². The number of carbonyl (C=O) groups is 1. The summed E-state index contributed by atoms with van der Waals surface area (Å²) < 4.78 is 0. The van der Waals surface area contributed by atoms with E-state index in [4.69, 9.17) is 17.3 Å². The van der Waals surface area contributed by atoms with E-state index in [1.165, 1.54) is 11.3 Å². The molecule has 0 bridgehead atoms. The number of nitrogens with zero attached hydrogens (tertiary/aromatic N) is 1. The highest BCUT2D eigenvalue weighted by Gasteiger charge is 2.13. The van der Waals surface area contributed by atoms with Crippen molar-refractivity contribution in [3.05, 3.63) is 45.4 Å². The summed E-state index contributed by atoms with van der Waals surface area (Å²) in [4.78, 5) is 15.9. The second kappa shape index (κ2) is 5.16. The summed E-state index contributed by atoms with van der Waals surface area (Å²) >= 11 is 7.41. The third kappa shape index (κ3) is 2.75. The van der Waals surface area contributed by atoms with Gasteiger partial charge in [0.15, 0.2) is 0 Å². The Kier molecular flexibility index (Phi) is 3.61. The standard InChI is InChI=1S/C11H10ClN3OS/c12-8-2-1-3-9(13)10(8)11(16)14-4-7-5-17-6-15-7/h1-3,5-6H,4,13H2,(H,14,16). The van der Waals surface area contributed by atoms with Gasteiger partial charge in [-0.15, -0.1) is 11.3 Å². The predicted octanol–water partition coefficient (Wildman–Crippen LogP) is 2.31. The van der Waals surface area contributed by atoms with Gasteiger partial charge >= 0.3 is 0 Å². The van der Waals surface area contributed by atoms with Crippen molar-refractivity contribution < 1.29 is 4.79 Å². The van der Waals surface area contributed by atoms with E-state index in [1.54, 1.807) is 23.7 Å². The molecule has 1 heterocycles. The van der Waals surface area contributed by atoms with Crippen molar-refractivity contribution in [2.45, 2.75) is 6.54 Å². The molecule has 2 aromatic rings. The molecular formula is C11H10ClN3OS. The van der Waals surface area contributed by atoms with E-state index < -0.39 is 0 Å². The molecule has 1 amide bonds. The lowest BCUT2D eigenvalue weighted by atomic mass is 10.1. The van der Waals surface area contributed by atoms with Crippen LogP contribution in [0.1, 0.15) is 16.1 Å². The zero-order chi connectivity index (χ0) is 12.3. The summed E-state index contributed by atoms with van der Waals surface area (Å²) in [6, 6.07) is 4.98. The quantitative estimate of drug-likeness (QED) is 0.839. The van der Waals surface area contributed by atoms with Gasteiger partial charge in [0.2, 0.25) is 0 Å². The van der Waals surface area contributed by atoms with Gasteiger partial charge in [-0.1, -0.05) is 17.7 Å². The number of thiazole rings is 1. The minimum atomic E-state index is -0.291. The van der Waals surface area contributed by atoms with Crippen LogP contribution in [0.3, 0.4) is 0 Å². The largest absolute Gasteiger partial charge is 0.398 e. The highest BCUT2D eigenvalue weighted by Crippen LogP contribution is 2.21. The number of aromatic nitrogens is 1. The van der Waals surface area contributed by atoms with Gasteiger partial charge in [-0.2, -0.15) is 0 Å². The molecule has 0 fully saturated rings. The number of nitrogens with one attached hydrogen (secondary N) is 1. The summed E-state index contributed by atoms with van der Waals surface area (Å²) in [6.07, 6.45) is 0. The van der Waals surface area contributed by atoms with E-state index in [1.807, 2.05) is 5.38 Å². The van der Waals surface area contributed by atoms with E-state index >= 15 is 0 Å². The van der Waals surface area contributed by atoms with Crippen LogP contribution in [0.5, 0.6) is 0 Å². The van der Waals surface area contributed by atoms with Crippen molar-refractivity contribution >= 4 is 34.5 Å². The first-order valence-corrected chi connectivity index (χ1v) is 6.20. The highest BCUT2D eigenvalue weighted by atomic mass is 35.5. The van der Waals surface area contributed by atoms with Crippen LogP contribution in [0.25, 0.3) is 0 Å². The van der Waals surface area contributed by atoms with Crippen molar-refractivity contribution in [2.75, 3.05) is 5.73 Å². The third-order valence-electron chi connectivity index (χ3n) is 2.19. The molecule has 1 aromatic heterocycles. The van der Waals surface area contributed by atoms with Crippen molar-refractivity contribution in [3.8, 4) is 0 Å². The molecular weight excluding hydrogens is 258 g/mol. The van der Waals surface area contributed by atoms with Crippen molar-refractivity contribution in [2.24, 2.45) is 0 Å². The van der Waals surface area contributed by atoms with Gasteiger partial charge in [0.1, 0.15) is 0 Å². The molecule has 88 valence electrons. The van der Waals surface area contributed by atoms with Gasteiger partial charge in [0.05, 0.1) is 28.3 Å². The molecule has 1 aromatic carbocycles. The Hall–Kier alpha value is -1.59. The number of hydrogen-bond acceptors (Lipinski definition) is 4. The molecule has 0 atom stereocenters. The third-order valence-corrected chi connectivity index (χ3v) is 3.14. The first kappa shape index (κ1) is 11.9. The Morgan fingerprint density at radius 3 is 3.00 bits per heavy atom. The molecule has 0 saturated carbocycles. The van der Waals surface area contributed by atoms with Crippen LogP contribution in [0.15, 0.2) is 29.1 Å². The van der Waals surface area contributed by atoms with Gasteiger partial charge in [0, 0.05) is 11.1 Å². The number of carbonyl (C=O) groups excluding carboxylic acids is 1. The zero-order valence-electron chi connectivity index (χ0n) is 8.81. The maximum Gasteiger partial charge on any atom is 0.255 e. The van der Waals surface area contributed by atoms with Gasteiger partial charge in [0.25, 0.3) is 5.91 Å². The second-order valence-corrected chi connectivity index (χ2v) is 4.49. The number of hydrogen-bond donors (Lipinski definition) is 2. The molecule has 0 unspecified atom stereocenters. The number of benzene rings is 1. The van der Waals surface area contributed by atoms with Crippen molar-refractivity contribution in [1.82, 2.24) is 10.3 Å². The molecule has 0 aliphatic rings. The molecule has 17 heavy (non-hydrogen) atoms. The zero-order valence-corrected chi connectivity index (χ0v) is 10.4. The molecule has 2 rings (SSSR count). The summed E-state index contributed by atoms with van der Waals surface area (Å²) in [5.41, 5.74) is 8.92. The molecule has 6 heteroatoms. The Bertz CT molecular complexity index is 507. The van der Waals surface area contributed by atoms with Gasteiger partial charge in [-0.3, -0.25) is 4.79 Å². The smallest absolute Gasteiger partial charge is 0.255 e. The SMILES string of the molecule is Nc1cccc(Cl)c1C(=O)NCc1cscn1. The summed E-state index contributed by atoms with van der Waals surface area (Å²) in [7, 11) is 0. The van der Waals surface area contributed by atoms with E-state index in [2.05, 4.69) is 10.3 Å². The lowest BCUT2D eigenvalue weighted by Crippen LogP contribution is -2.24. The van der Waals surface area contributed by atoms with Crippen LogP contribution < -0.4 is 11.1 Å². The van der Waals surface area contributed by atoms with Crippen LogP contribution in [0.4, 0.5) is 5.69 Å². The Morgan fingerprint density at radius 1 is 1.53 bits per heavy atom. The van der Waals surface area contributed by atoms with E-state index in [9.17, 15) is 4.79 Å². The average molecular weight is 268 g/mol. The average Bonchev–Trinajstić information content (AvgIpc) is 2.79. The summed E-state index contributed by atoms with van der Waals surface area (Å²) in [6.45, 7) is 0.368. The molecule has 0 spiro atoms. The number of amides is 1. The molecule has 0 radical (unpaired) electrons. The number of anilines is 1. The first-order valence-electron chi connectivity index (χ1n) is 4.87. The van der Waals surface area contributed by atoms with E-state index in [0.29, 0.717) is 22.8 Å². The fourth-order valence-electron chi connectivity index (χ4n) is 1.36. The van der Waals surface area contributed by atoms with Gasteiger partial charge in [-0.05, 0) is 12.1 Å². The monoisotopic (exact) mass is 267 g/mol. The van der Waals surface area contributed by atoms with Gasteiger partial charge in [-0.25, -0.2) is 4.98 Å². The fourth-order valence-corrected chi connectivity index (χ4v) is 2.19. The van der Waals surface area contributed by atoms with E-state index in [0.717, 1.165) is 5.69 Å². The number of halogens is 1. The molecule has 0 aliphatic carbocycles. The van der Waals surface area contributed by atoms with Gasteiger partial charge < -0.3 is 11.1 Å². The van der Waals surface area contributed by atoms with Crippen LogP contribution in [-0.2, 0) is 6.54 Å². The lowest BCUT2D eigenvalue weighted by Gasteiger charge is -2.07. The predicted molar refractivity (Wildman–Crippen MR) is 69.1 cm³/mol. The number of nitrogen functional groups attached to an aromatic ring is 1. The molecule has 3 N–H and O–H groups in total. The summed E-state index contributed by atoms with van der Waals surface area (Å²) in [5.74, 6) is -0.291. The van der Waals surface area contributed by atoms with Crippen LogP contribution in [0, 0.1) is 0 Å². The summed E-state index contributed by atoms with van der Waals surface area (Å²) in [5, 5.41) is 4.94. The van der Waals surface area contributed by atoms with E-state index in [-0.39, 0.29) is 5.91 Å². The minimum absolute atomic E-state index is 0.291. The Labute approximate surface area is 107 Å². The van der Waals surface area contributed by atoms with Crippen LogP contribution >= 0.6 is 22.9 Å². The fraction of sp³-hybridized carbons (Fsp3) is 0.0909. The highest BCUT2D eigenvalue weighted by molar-refractivity contribution is 7.07. The number of rotatable bonds is 3. The first-order chi connectivity index (χ1) is 8.18. The molecule has 4 nitrogen and oxygen atoms in total. The maximum absolute atomic E-state index is 11.9. The molecule has 0 aliphatic heterocycles. The normalized spacial score (nSPS) is 10.2. The topological polar surface area (TPSA) is 68.0 Å². The Morgan fingerprint density at radius 2 is 2.35 bits per heavy atom. The minimum Gasteiger partial charge on any atom is -0.398 e.